The lowest BCUT2D eigenvalue weighted by molar-refractivity contribution is -0.113. The van der Waals surface area contributed by atoms with Gasteiger partial charge in [0.25, 0.3) is 5.91 Å². The summed E-state index contributed by atoms with van der Waals surface area (Å²) in [5.41, 5.74) is 2.26. The third-order valence-corrected chi connectivity index (χ3v) is 6.18. The number of nitrogens with zero attached hydrogens (tertiary/aromatic N) is 3. The van der Waals surface area contributed by atoms with Gasteiger partial charge in [0, 0.05) is 17.8 Å². The molecule has 0 saturated carbocycles. The molecule has 0 aliphatic carbocycles. The van der Waals surface area contributed by atoms with Crippen molar-refractivity contribution in [2.75, 3.05) is 24.8 Å². The second kappa shape index (κ2) is 12.7. The maximum absolute atomic E-state index is 12.7. The van der Waals surface area contributed by atoms with E-state index in [4.69, 9.17) is 4.74 Å². The number of nitrogens with one attached hydrogen (secondary N) is 2. The molecule has 2 aromatic carbocycles. The minimum atomic E-state index is -0.795. The predicted octanol–water partition coefficient (Wildman–Crippen LogP) is 3.23. The van der Waals surface area contributed by atoms with E-state index in [2.05, 4.69) is 27.4 Å². The summed E-state index contributed by atoms with van der Waals surface area (Å²) in [6.07, 6.45) is 2.47. The highest BCUT2D eigenvalue weighted by atomic mass is 32.2. The van der Waals surface area contributed by atoms with Crippen molar-refractivity contribution < 1.29 is 19.4 Å². The van der Waals surface area contributed by atoms with Gasteiger partial charge in [0.2, 0.25) is 5.91 Å². The van der Waals surface area contributed by atoms with E-state index >= 15 is 0 Å². The van der Waals surface area contributed by atoms with Gasteiger partial charge in [0.05, 0.1) is 19.5 Å². The third kappa shape index (κ3) is 6.71. The highest BCUT2D eigenvalue weighted by Gasteiger charge is 2.23. The van der Waals surface area contributed by atoms with Crippen LogP contribution in [0.4, 0.5) is 5.69 Å². The van der Waals surface area contributed by atoms with Crippen LogP contribution in [-0.4, -0.2) is 51.2 Å². The Labute approximate surface area is 208 Å². The molecule has 1 unspecified atom stereocenters. The van der Waals surface area contributed by atoms with Crippen LogP contribution in [0.25, 0.3) is 0 Å². The highest BCUT2D eigenvalue weighted by Crippen LogP contribution is 2.22. The van der Waals surface area contributed by atoms with Gasteiger partial charge < -0.3 is 25.0 Å². The molecule has 1 heterocycles. The summed E-state index contributed by atoms with van der Waals surface area (Å²) in [5, 5.41) is 24.6. The zero-order chi connectivity index (χ0) is 25.2. The molecule has 9 nitrogen and oxygen atoms in total. The van der Waals surface area contributed by atoms with Gasteiger partial charge in [-0.05, 0) is 42.3 Å². The van der Waals surface area contributed by atoms with Crippen LogP contribution in [0.15, 0.2) is 66.3 Å². The van der Waals surface area contributed by atoms with Crippen molar-refractivity contribution in [3.63, 3.8) is 0 Å². The van der Waals surface area contributed by atoms with Gasteiger partial charge in [-0.25, -0.2) is 0 Å². The van der Waals surface area contributed by atoms with Crippen molar-refractivity contribution in [2.45, 2.75) is 31.1 Å². The summed E-state index contributed by atoms with van der Waals surface area (Å²) in [4.78, 5) is 25.3. The summed E-state index contributed by atoms with van der Waals surface area (Å²) in [5.74, 6) is 0.582. The van der Waals surface area contributed by atoms with Crippen LogP contribution in [0, 0.1) is 0 Å². The number of aryl methyl sites for hydroxylation is 1. The molecule has 0 spiro atoms. The average Bonchev–Trinajstić information content (AvgIpc) is 3.28. The number of amides is 2. The van der Waals surface area contributed by atoms with Gasteiger partial charge in [-0.2, -0.15) is 0 Å². The number of hydrogen-bond donors (Lipinski definition) is 3. The van der Waals surface area contributed by atoms with Gasteiger partial charge in [-0.15, -0.1) is 16.8 Å². The molecule has 3 rings (SSSR count). The van der Waals surface area contributed by atoms with Crippen molar-refractivity contribution in [3.8, 4) is 5.75 Å². The number of aliphatic hydroxyl groups is 1. The van der Waals surface area contributed by atoms with Crippen molar-refractivity contribution in [3.05, 3.63) is 78.1 Å². The summed E-state index contributed by atoms with van der Waals surface area (Å²) in [7, 11) is 1.55. The van der Waals surface area contributed by atoms with Crippen molar-refractivity contribution >= 4 is 29.3 Å². The number of para-hydroxylation sites is 1. The monoisotopic (exact) mass is 495 g/mol. The fourth-order valence-electron chi connectivity index (χ4n) is 3.41. The Hall–Kier alpha value is -3.63. The Kier molecular flexibility index (Phi) is 9.45. The quantitative estimate of drug-likeness (QED) is 0.261. The zero-order valence-corrected chi connectivity index (χ0v) is 20.5. The number of thioether (sulfide) groups is 1. The van der Waals surface area contributed by atoms with Crippen LogP contribution in [0.1, 0.15) is 34.7 Å². The van der Waals surface area contributed by atoms with Crippen LogP contribution in [0.2, 0.25) is 0 Å². The molecular weight excluding hydrogens is 466 g/mol. The van der Waals surface area contributed by atoms with Crippen molar-refractivity contribution in [2.24, 2.45) is 0 Å². The summed E-state index contributed by atoms with van der Waals surface area (Å²) in [6.45, 7) is 5.77. The molecule has 3 N–H and O–H groups in total. The average molecular weight is 496 g/mol. The summed E-state index contributed by atoms with van der Waals surface area (Å²) < 4.78 is 6.84. The number of carbonyl (C=O) groups excluding carboxylic acids is 2. The Bertz CT molecular complexity index is 1160. The minimum Gasteiger partial charge on any atom is -0.497 e. The van der Waals surface area contributed by atoms with Crippen LogP contribution < -0.4 is 15.4 Å². The van der Waals surface area contributed by atoms with E-state index < -0.39 is 6.04 Å². The van der Waals surface area contributed by atoms with Crippen LogP contribution in [0.5, 0.6) is 5.75 Å². The second-order valence-electron chi connectivity index (χ2n) is 7.52. The van der Waals surface area contributed by atoms with Crippen LogP contribution in [-0.2, 0) is 17.8 Å². The largest absolute Gasteiger partial charge is 0.497 e. The number of hydrogen-bond acceptors (Lipinski definition) is 7. The van der Waals surface area contributed by atoms with E-state index in [1.54, 1.807) is 42.0 Å². The number of anilines is 1. The summed E-state index contributed by atoms with van der Waals surface area (Å²) in [6, 6.07) is 13.5. The first-order valence-electron chi connectivity index (χ1n) is 11.1. The number of carbonyl (C=O) groups is 2. The Morgan fingerprint density at radius 3 is 2.60 bits per heavy atom. The molecule has 0 bridgehead atoms. The van der Waals surface area contributed by atoms with E-state index in [1.807, 2.05) is 31.2 Å². The van der Waals surface area contributed by atoms with Gasteiger partial charge in [0.15, 0.2) is 11.0 Å². The molecule has 0 aliphatic heterocycles. The van der Waals surface area contributed by atoms with Gasteiger partial charge in [-0.1, -0.05) is 43.0 Å². The van der Waals surface area contributed by atoms with E-state index in [9.17, 15) is 14.7 Å². The number of benzene rings is 2. The third-order valence-electron chi connectivity index (χ3n) is 5.21. The van der Waals surface area contributed by atoms with Gasteiger partial charge in [-0.3, -0.25) is 9.59 Å². The van der Waals surface area contributed by atoms with Gasteiger partial charge in [0.1, 0.15) is 11.8 Å². The number of methoxy groups -OCH3 is 1. The zero-order valence-electron chi connectivity index (χ0n) is 19.7. The predicted molar refractivity (Wildman–Crippen MR) is 136 cm³/mol. The Morgan fingerprint density at radius 2 is 1.94 bits per heavy atom. The smallest absolute Gasteiger partial charge is 0.251 e. The van der Waals surface area contributed by atoms with Crippen molar-refractivity contribution in [1.82, 2.24) is 20.1 Å². The molecule has 10 heteroatoms. The molecule has 35 heavy (non-hydrogen) atoms. The first-order valence-corrected chi connectivity index (χ1v) is 12.1. The van der Waals surface area contributed by atoms with Gasteiger partial charge >= 0.3 is 0 Å². The molecule has 0 fully saturated rings. The number of aromatic nitrogens is 3. The topological polar surface area (TPSA) is 118 Å². The van der Waals surface area contributed by atoms with Crippen LogP contribution >= 0.6 is 11.8 Å². The molecule has 0 radical (unpaired) electrons. The summed E-state index contributed by atoms with van der Waals surface area (Å²) >= 11 is 1.22. The number of ether oxygens (including phenoxy) is 1. The number of aliphatic hydroxyl groups excluding tert-OH is 1. The number of rotatable bonds is 12. The molecular formula is C25H29N5O4S. The molecule has 3 aromatic rings. The SMILES string of the molecule is C=CCn1c(SCC(=O)Nc2ccccc2CC)nnc1C(CO)NC(=O)c1ccc(OC)cc1. The second-order valence-corrected chi connectivity index (χ2v) is 8.47. The van der Waals surface area contributed by atoms with E-state index in [1.165, 1.54) is 11.8 Å². The van der Waals surface area contributed by atoms with Crippen molar-refractivity contribution in [1.29, 1.82) is 0 Å². The molecule has 0 aliphatic rings. The van der Waals surface area contributed by atoms with E-state index in [0.29, 0.717) is 28.8 Å². The lowest BCUT2D eigenvalue weighted by atomic mass is 10.1. The molecule has 2 amide bonds. The molecule has 1 aromatic heterocycles. The lowest BCUT2D eigenvalue weighted by Crippen LogP contribution is -2.33. The van der Waals surface area contributed by atoms with E-state index in [-0.39, 0.29) is 24.2 Å². The molecule has 184 valence electrons. The first-order chi connectivity index (χ1) is 17.0. The fraction of sp³-hybridized carbons (Fsp3) is 0.280. The normalized spacial score (nSPS) is 11.5. The minimum absolute atomic E-state index is 0.120. The fourth-order valence-corrected chi connectivity index (χ4v) is 4.16. The molecule has 0 saturated heterocycles. The standard InChI is InChI=1S/C25H29N5O4S/c1-4-14-30-23(21(15-31)27-24(33)18-10-12-19(34-3)13-11-18)28-29-25(30)35-16-22(32)26-20-9-7-6-8-17(20)5-2/h4,6-13,21,31H,1,5,14-16H2,2-3H3,(H,26,32)(H,27,33). The number of allylic oxidation sites excluding steroid dienone is 1. The Balaban J connectivity index is 1.70. The first kappa shape index (κ1) is 26.0. The maximum atomic E-state index is 12.7. The Morgan fingerprint density at radius 1 is 1.20 bits per heavy atom. The highest BCUT2D eigenvalue weighted by molar-refractivity contribution is 7.99. The van der Waals surface area contributed by atoms with Crippen LogP contribution in [0.3, 0.4) is 0 Å². The molecule has 1 atom stereocenters. The lowest BCUT2D eigenvalue weighted by Gasteiger charge is -2.17. The maximum Gasteiger partial charge on any atom is 0.251 e. The van der Waals surface area contributed by atoms with E-state index in [0.717, 1.165) is 17.7 Å².